The van der Waals surface area contributed by atoms with E-state index < -0.39 is 0 Å². The lowest BCUT2D eigenvalue weighted by atomic mass is 10.1. The number of hydrogen-bond donors (Lipinski definition) is 2. The van der Waals surface area contributed by atoms with E-state index in [1.807, 2.05) is 13.0 Å². The zero-order valence-electron chi connectivity index (χ0n) is 9.74. The van der Waals surface area contributed by atoms with Crippen molar-refractivity contribution in [3.05, 3.63) is 35.6 Å². The molecule has 0 saturated carbocycles. The van der Waals surface area contributed by atoms with Gasteiger partial charge in [0.05, 0.1) is 6.10 Å². The molecule has 0 aliphatic carbocycles. The zero-order valence-corrected chi connectivity index (χ0v) is 9.74. The molecule has 0 aliphatic rings. The summed E-state index contributed by atoms with van der Waals surface area (Å²) in [6.45, 7) is 2.95. The number of rotatable bonds is 6. The predicted molar refractivity (Wildman–Crippen MR) is 62.7 cm³/mol. The van der Waals surface area contributed by atoms with Crippen LogP contribution in [0.5, 0.6) is 0 Å². The fourth-order valence-electron chi connectivity index (χ4n) is 1.47. The van der Waals surface area contributed by atoms with Gasteiger partial charge in [-0.15, -0.1) is 0 Å². The molecule has 0 spiro atoms. The molecule has 90 valence electrons. The molecule has 1 aromatic rings. The van der Waals surface area contributed by atoms with Gasteiger partial charge < -0.3 is 15.8 Å². The summed E-state index contributed by atoms with van der Waals surface area (Å²) in [6.07, 6.45) is 0.0841. The Morgan fingerprint density at radius 2 is 2.12 bits per heavy atom. The van der Waals surface area contributed by atoms with Crippen molar-refractivity contribution >= 4 is 0 Å². The van der Waals surface area contributed by atoms with Crippen molar-refractivity contribution < 1.29 is 9.13 Å². The molecule has 0 aliphatic heterocycles. The minimum Gasteiger partial charge on any atom is -0.380 e. The summed E-state index contributed by atoms with van der Waals surface area (Å²) in [7, 11) is 1.65. The number of ether oxygens (including phenoxy) is 1. The van der Waals surface area contributed by atoms with E-state index in [2.05, 4.69) is 5.32 Å². The quantitative estimate of drug-likeness (QED) is 0.772. The Labute approximate surface area is 95.8 Å². The number of nitrogens with one attached hydrogen (secondary N) is 1. The summed E-state index contributed by atoms with van der Waals surface area (Å²) < 4.78 is 18.6. The Balaban J connectivity index is 2.64. The highest BCUT2D eigenvalue weighted by Crippen LogP contribution is 2.15. The van der Waals surface area contributed by atoms with E-state index in [0.717, 1.165) is 0 Å². The van der Waals surface area contributed by atoms with Crippen LogP contribution in [-0.2, 0) is 4.74 Å². The maximum absolute atomic E-state index is 13.5. The van der Waals surface area contributed by atoms with Crippen LogP contribution in [0.4, 0.5) is 4.39 Å². The summed E-state index contributed by atoms with van der Waals surface area (Å²) in [6, 6.07) is 6.50. The van der Waals surface area contributed by atoms with Crippen molar-refractivity contribution in [2.75, 3.05) is 20.2 Å². The topological polar surface area (TPSA) is 47.3 Å². The summed E-state index contributed by atoms with van der Waals surface area (Å²) in [4.78, 5) is 0. The molecule has 1 rings (SSSR count). The largest absolute Gasteiger partial charge is 0.380 e. The third-order valence-corrected chi connectivity index (χ3v) is 2.57. The van der Waals surface area contributed by atoms with Gasteiger partial charge in [0.15, 0.2) is 0 Å². The highest BCUT2D eigenvalue weighted by molar-refractivity contribution is 5.21. The number of nitrogens with two attached hydrogens (primary N) is 1. The van der Waals surface area contributed by atoms with Crippen molar-refractivity contribution in [1.82, 2.24) is 5.32 Å². The van der Waals surface area contributed by atoms with Gasteiger partial charge in [-0.05, 0) is 13.0 Å². The number of hydrogen-bond acceptors (Lipinski definition) is 3. The van der Waals surface area contributed by atoms with E-state index in [4.69, 9.17) is 10.5 Å². The van der Waals surface area contributed by atoms with Crippen LogP contribution in [-0.4, -0.2) is 26.3 Å². The van der Waals surface area contributed by atoms with Crippen LogP contribution in [0.15, 0.2) is 24.3 Å². The van der Waals surface area contributed by atoms with Gasteiger partial charge in [0.2, 0.25) is 0 Å². The molecule has 0 fully saturated rings. The Kier molecular flexibility index (Phi) is 5.38. The maximum Gasteiger partial charge on any atom is 0.128 e. The molecular formula is C12H19FN2O. The van der Waals surface area contributed by atoms with Crippen LogP contribution in [0.3, 0.4) is 0 Å². The third-order valence-electron chi connectivity index (χ3n) is 2.57. The summed E-state index contributed by atoms with van der Waals surface area (Å²) >= 11 is 0. The fraction of sp³-hybridized carbons (Fsp3) is 0.500. The molecule has 2 unspecified atom stereocenters. The predicted octanol–water partition coefficient (Wildman–Crippen LogP) is 1.45. The monoisotopic (exact) mass is 226 g/mol. The molecule has 0 radical (unpaired) electrons. The maximum atomic E-state index is 13.5. The lowest BCUT2D eigenvalue weighted by Gasteiger charge is -2.20. The minimum atomic E-state index is -0.226. The van der Waals surface area contributed by atoms with Gasteiger partial charge >= 0.3 is 0 Å². The first-order valence-corrected chi connectivity index (χ1v) is 5.39. The van der Waals surface area contributed by atoms with E-state index in [-0.39, 0.29) is 18.0 Å². The second-order valence-electron chi connectivity index (χ2n) is 3.76. The smallest absolute Gasteiger partial charge is 0.128 e. The van der Waals surface area contributed by atoms with E-state index in [9.17, 15) is 4.39 Å². The fourth-order valence-corrected chi connectivity index (χ4v) is 1.47. The molecule has 0 saturated heterocycles. The van der Waals surface area contributed by atoms with Gasteiger partial charge in [-0.25, -0.2) is 4.39 Å². The number of halogens is 1. The van der Waals surface area contributed by atoms with Crippen LogP contribution in [0.25, 0.3) is 0 Å². The van der Waals surface area contributed by atoms with Gasteiger partial charge in [0.1, 0.15) is 5.82 Å². The van der Waals surface area contributed by atoms with Crippen molar-refractivity contribution in [1.29, 1.82) is 0 Å². The van der Waals surface area contributed by atoms with Gasteiger partial charge in [0, 0.05) is 31.8 Å². The van der Waals surface area contributed by atoms with Crippen LogP contribution >= 0.6 is 0 Å². The Morgan fingerprint density at radius 3 is 2.69 bits per heavy atom. The SMILES string of the molecule is COC(C)CNC(CN)c1ccccc1F. The standard InChI is InChI=1S/C12H19FN2O/c1-9(16-2)8-15-12(7-14)10-5-3-4-6-11(10)13/h3-6,9,12,15H,7-8,14H2,1-2H3. The first kappa shape index (κ1) is 13.1. The molecule has 0 aromatic heterocycles. The van der Waals surface area contributed by atoms with E-state index in [1.165, 1.54) is 6.07 Å². The third kappa shape index (κ3) is 3.56. The van der Waals surface area contributed by atoms with Crippen molar-refractivity contribution in [3.8, 4) is 0 Å². The van der Waals surface area contributed by atoms with Gasteiger partial charge in [-0.1, -0.05) is 18.2 Å². The second-order valence-corrected chi connectivity index (χ2v) is 3.76. The molecule has 3 N–H and O–H groups in total. The number of methoxy groups -OCH3 is 1. The molecule has 4 heteroatoms. The molecule has 16 heavy (non-hydrogen) atoms. The minimum absolute atomic E-state index is 0.0841. The van der Waals surface area contributed by atoms with Crippen LogP contribution in [0.1, 0.15) is 18.5 Å². The van der Waals surface area contributed by atoms with Gasteiger partial charge in [0.25, 0.3) is 0 Å². The molecule has 3 nitrogen and oxygen atoms in total. The lowest BCUT2D eigenvalue weighted by molar-refractivity contribution is 0.114. The highest BCUT2D eigenvalue weighted by atomic mass is 19.1. The Morgan fingerprint density at radius 1 is 1.44 bits per heavy atom. The molecule has 2 atom stereocenters. The summed E-state index contributed by atoms with van der Waals surface area (Å²) in [5, 5.41) is 3.19. The first-order valence-electron chi connectivity index (χ1n) is 5.39. The van der Waals surface area contributed by atoms with Crippen molar-refractivity contribution in [2.24, 2.45) is 5.73 Å². The van der Waals surface area contributed by atoms with E-state index in [0.29, 0.717) is 18.7 Å². The molecule has 0 bridgehead atoms. The van der Waals surface area contributed by atoms with Crippen LogP contribution in [0, 0.1) is 5.82 Å². The summed E-state index contributed by atoms with van der Waals surface area (Å²) in [5.41, 5.74) is 6.24. The molecular weight excluding hydrogens is 207 g/mol. The Hall–Kier alpha value is -0.970. The zero-order chi connectivity index (χ0) is 12.0. The van der Waals surface area contributed by atoms with Gasteiger partial charge in [-0.2, -0.15) is 0 Å². The normalized spacial score (nSPS) is 14.8. The Bertz CT molecular complexity index is 320. The van der Waals surface area contributed by atoms with E-state index in [1.54, 1.807) is 19.2 Å². The van der Waals surface area contributed by atoms with Gasteiger partial charge in [-0.3, -0.25) is 0 Å². The molecule has 0 amide bonds. The van der Waals surface area contributed by atoms with Crippen molar-refractivity contribution in [3.63, 3.8) is 0 Å². The highest BCUT2D eigenvalue weighted by Gasteiger charge is 2.13. The first-order chi connectivity index (χ1) is 7.69. The second kappa shape index (κ2) is 6.58. The average Bonchev–Trinajstić information content (AvgIpc) is 2.31. The lowest BCUT2D eigenvalue weighted by Crippen LogP contribution is -2.34. The van der Waals surface area contributed by atoms with Crippen LogP contribution in [0.2, 0.25) is 0 Å². The van der Waals surface area contributed by atoms with Crippen molar-refractivity contribution in [2.45, 2.75) is 19.1 Å². The van der Waals surface area contributed by atoms with Crippen LogP contribution < -0.4 is 11.1 Å². The average molecular weight is 226 g/mol. The molecule has 1 aromatic carbocycles. The number of benzene rings is 1. The molecule has 0 heterocycles. The summed E-state index contributed by atoms with van der Waals surface area (Å²) in [5.74, 6) is -0.226. The van der Waals surface area contributed by atoms with E-state index >= 15 is 0 Å².